The number of hydrogen-bond donors (Lipinski definition) is 0. The van der Waals surface area contributed by atoms with Crippen LogP contribution in [-0.2, 0) is 0 Å². The third-order valence-corrected chi connectivity index (χ3v) is 3.03. The van der Waals surface area contributed by atoms with Crippen LogP contribution in [0.3, 0.4) is 0 Å². The van der Waals surface area contributed by atoms with Crippen LogP contribution in [0.5, 0.6) is 0 Å². The van der Waals surface area contributed by atoms with Gasteiger partial charge in [0.25, 0.3) is 6.43 Å². The predicted octanol–water partition coefficient (Wildman–Crippen LogP) is 3.88. The molecule has 2 aromatic rings. The fraction of sp³-hybridized carbons (Fsp3) is 0.182. The molecule has 0 amide bonds. The van der Waals surface area contributed by atoms with E-state index in [1.807, 2.05) is 6.92 Å². The molecule has 1 heterocycles. The summed E-state index contributed by atoms with van der Waals surface area (Å²) in [6.07, 6.45) is -0.632. The Balaban J connectivity index is 2.34. The van der Waals surface area contributed by atoms with Crippen LogP contribution >= 0.6 is 15.9 Å². The second-order valence-corrected chi connectivity index (χ2v) is 4.25. The van der Waals surface area contributed by atoms with Gasteiger partial charge < -0.3 is 0 Å². The molecule has 0 saturated heterocycles. The molecule has 84 valence electrons. The van der Waals surface area contributed by atoms with Crippen molar-refractivity contribution >= 4 is 15.9 Å². The maximum Gasteiger partial charge on any atom is 0.263 e. The first-order valence-electron chi connectivity index (χ1n) is 4.68. The standard InChI is InChI=1S/C11H9BrF2N2/c1-7-10(12)6-16(15-7)9-4-2-8(3-5-9)11(13)14/h2-6,11H,1H3. The van der Waals surface area contributed by atoms with Crippen molar-refractivity contribution in [1.82, 2.24) is 9.78 Å². The highest BCUT2D eigenvalue weighted by atomic mass is 79.9. The molecule has 1 aromatic carbocycles. The Morgan fingerprint density at radius 2 is 1.88 bits per heavy atom. The Morgan fingerprint density at radius 3 is 2.31 bits per heavy atom. The number of alkyl halides is 2. The molecule has 5 heteroatoms. The molecule has 0 N–H and O–H groups in total. The number of halogens is 3. The van der Waals surface area contributed by atoms with Crippen molar-refractivity contribution in [2.24, 2.45) is 0 Å². The Bertz CT molecular complexity index is 472. The SMILES string of the molecule is Cc1nn(-c2ccc(C(F)F)cc2)cc1Br. The van der Waals surface area contributed by atoms with E-state index < -0.39 is 6.43 Å². The summed E-state index contributed by atoms with van der Waals surface area (Å²) in [5.74, 6) is 0. The molecule has 0 unspecified atom stereocenters. The normalized spacial score (nSPS) is 11.1. The lowest BCUT2D eigenvalue weighted by molar-refractivity contribution is 0.151. The highest BCUT2D eigenvalue weighted by molar-refractivity contribution is 9.10. The minimum absolute atomic E-state index is 0.0201. The average molecular weight is 287 g/mol. The van der Waals surface area contributed by atoms with E-state index >= 15 is 0 Å². The van der Waals surface area contributed by atoms with Crippen LogP contribution in [0.25, 0.3) is 5.69 Å². The highest BCUT2D eigenvalue weighted by Gasteiger charge is 2.07. The van der Waals surface area contributed by atoms with Crippen LogP contribution in [0.2, 0.25) is 0 Å². The van der Waals surface area contributed by atoms with Crippen molar-refractivity contribution in [2.75, 3.05) is 0 Å². The molecule has 0 radical (unpaired) electrons. The summed E-state index contributed by atoms with van der Waals surface area (Å²) in [5.41, 5.74) is 1.64. The molecule has 0 atom stereocenters. The molecule has 0 spiro atoms. The fourth-order valence-electron chi connectivity index (χ4n) is 1.34. The second-order valence-electron chi connectivity index (χ2n) is 3.40. The Kier molecular flexibility index (Phi) is 3.05. The van der Waals surface area contributed by atoms with Gasteiger partial charge in [0.2, 0.25) is 0 Å². The van der Waals surface area contributed by atoms with Gasteiger partial charge in [-0.1, -0.05) is 12.1 Å². The zero-order valence-electron chi connectivity index (χ0n) is 8.49. The average Bonchev–Trinajstić information content (AvgIpc) is 2.59. The Morgan fingerprint density at radius 1 is 1.25 bits per heavy atom. The Hall–Kier alpha value is -1.23. The summed E-state index contributed by atoms with van der Waals surface area (Å²) < 4.78 is 27.2. The van der Waals surface area contributed by atoms with Crippen LogP contribution in [0.15, 0.2) is 34.9 Å². The summed E-state index contributed by atoms with van der Waals surface area (Å²) in [6.45, 7) is 1.87. The van der Waals surface area contributed by atoms with E-state index in [4.69, 9.17) is 0 Å². The smallest absolute Gasteiger partial charge is 0.240 e. The van der Waals surface area contributed by atoms with E-state index in [0.29, 0.717) is 0 Å². The summed E-state index contributed by atoms with van der Waals surface area (Å²) in [6, 6.07) is 6.07. The van der Waals surface area contributed by atoms with Gasteiger partial charge in [-0.2, -0.15) is 5.10 Å². The van der Waals surface area contributed by atoms with E-state index in [0.717, 1.165) is 15.9 Å². The van der Waals surface area contributed by atoms with Crippen molar-refractivity contribution in [2.45, 2.75) is 13.3 Å². The van der Waals surface area contributed by atoms with Gasteiger partial charge >= 0.3 is 0 Å². The molecule has 0 aliphatic heterocycles. The lowest BCUT2D eigenvalue weighted by atomic mass is 10.2. The van der Waals surface area contributed by atoms with Gasteiger partial charge in [0.15, 0.2) is 0 Å². The maximum atomic E-state index is 12.3. The fourth-order valence-corrected chi connectivity index (χ4v) is 1.62. The van der Waals surface area contributed by atoms with Crippen molar-refractivity contribution in [3.63, 3.8) is 0 Å². The summed E-state index contributed by atoms with van der Waals surface area (Å²) in [5, 5.41) is 4.24. The molecule has 0 saturated carbocycles. The quantitative estimate of drug-likeness (QED) is 0.819. The molecule has 16 heavy (non-hydrogen) atoms. The molecule has 0 bridgehead atoms. The number of nitrogens with zero attached hydrogens (tertiary/aromatic N) is 2. The molecular weight excluding hydrogens is 278 g/mol. The lowest BCUT2D eigenvalue weighted by Crippen LogP contribution is -1.95. The van der Waals surface area contributed by atoms with Crippen LogP contribution in [0.4, 0.5) is 8.78 Å². The predicted molar refractivity (Wildman–Crippen MR) is 61.0 cm³/mol. The maximum absolute atomic E-state index is 12.3. The van der Waals surface area contributed by atoms with Crippen LogP contribution < -0.4 is 0 Å². The molecular formula is C11H9BrF2N2. The van der Waals surface area contributed by atoms with Crippen molar-refractivity contribution in [3.8, 4) is 5.69 Å². The van der Waals surface area contributed by atoms with E-state index in [-0.39, 0.29) is 5.56 Å². The van der Waals surface area contributed by atoms with Crippen molar-refractivity contribution in [3.05, 3.63) is 46.2 Å². The minimum atomic E-state index is -2.43. The summed E-state index contributed by atoms with van der Waals surface area (Å²) in [7, 11) is 0. The number of benzene rings is 1. The van der Waals surface area contributed by atoms with Gasteiger partial charge in [-0.05, 0) is 35.0 Å². The monoisotopic (exact) mass is 286 g/mol. The van der Waals surface area contributed by atoms with Crippen molar-refractivity contribution in [1.29, 1.82) is 0 Å². The Labute approximate surface area is 100 Å². The zero-order valence-corrected chi connectivity index (χ0v) is 10.1. The van der Waals surface area contributed by atoms with Crippen molar-refractivity contribution < 1.29 is 8.78 Å². The zero-order chi connectivity index (χ0) is 11.7. The lowest BCUT2D eigenvalue weighted by Gasteiger charge is -2.03. The topological polar surface area (TPSA) is 17.8 Å². The molecule has 2 nitrogen and oxygen atoms in total. The first kappa shape index (κ1) is 11.3. The summed E-state index contributed by atoms with van der Waals surface area (Å²) in [4.78, 5) is 0. The van der Waals surface area contributed by atoms with E-state index in [1.54, 1.807) is 23.0 Å². The van der Waals surface area contributed by atoms with Gasteiger partial charge in [-0.3, -0.25) is 0 Å². The van der Waals surface area contributed by atoms with Crippen LogP contribution in [0.1, 0.15) is 17.7 Å². The third-order valence-electron chi connectivity index (χ3n) is 2.25. The molecule has 0 aliphatic rings. The summed E-state index contributed by atoms with van der Waals surface area (Å²) >= 11 is 3.35. The molecule has 2 rings (SSSR count). The van der Waals surface area contributed by atoms with Gasteiger partial charge in [0.05, 0.1) is 15.9 Å². The molecule has 0 fully saturated rings. The number of aromatic nitrogens is 2. The van der Waals surface area contributed by atoms with Gasteiger partial charge in [0, 0.05) is 11.8 Å². The van der Waals surface area contributed by atoms with E-state index in [1.165, 1.54) is 12.1 Å². The van der Waals surface area contributed by atoms with Crippen LogP contribution in [0, 0.1) is 6.92 Å². The first-order chi connectivity index (χ1) is 7.58. The van der Waals surface area contributed by atoms with E-state index in [9.17, 15) is 8.78 Å². The third kappa shape index (κ3) is 2.14. The largest absolute Gasteiger partial charge is 0.263 e. The number of rotatable bonds is 2. The van der Waals surface area contributed by atoms with Gasteiger partial charge in [-0.15, -0.1) is 0 Å². The van der Waals surface area contributed by atoms with E-state index in [2.05, 4.69) is 21.0 Å². The van der Waals surface area contributed by atoms with Gasteiger partial charge in [-0.25, -0.2) is 13.5 Å². The molecule has 1 aromatic heterocycles. The second kappa shape index (κ2) is 4.33. The highest BCUT2D eigenvalue weighted by Crippen LogP contribution is 2.21. The minimum Gasteiger partial charge on any atom is -0.240 e. The first-order valence-corrected chi connectivity index (χ1v) is 5.47. The molecule has 0 aliphatic carbocycles. The number of hydrogen-bond acceptors (Lipinski definition) is 1. The van der Waals surface area contributed by atoms with Crippen LogP contribution in [-0.4, -0.2) is 9.78 Å². The van der Waals surface area contributed by atoms with Gasteiger partial charge in [0.1, 0.15) is 0 Å². The number of aryl methyl sites for hydroxylation is 1.